The highest BCUT2D eigenvalue weighted by atomic mass is 79.9. The van der Waals surface area contributed by atoms with Crippen molar-refractivity contribution in [3.8, 4) is 11.5 Å². The standard InChI is InChI=1S/C13H9Br2FO2/c14-10-3-2-9(16)6-13(10)18-12-4-1-8(7-17)5-11(12)15/h1-6,17H,7H2. The molecule has 2 nitrogen and oxygen atoms in total. The molecule has 0 unspecified atom stereocenters. The van der Waals surface area contributed by atoms with Crippen LogP contribution in [0.15, 0.2) is 45.3 Å². The number of hydrogen-bond donors (Lipinski definition) is 1. The lowest BCUT2D eigenvalue weighted by Gasteiger charge is -2.10. The van der Waals surface area contributed by atoms with Gasteiger partial charge in [0.1, 0.15) is 17.3 Å². The summed E-state index contributed by atoms with van der Waals surface area (Å²) < 4.78 is 20.1. The van der Waals surface area contributed by atoms with E-state index in [-0.39, 0.29) is 12.4 Å². The quantitative estimate of drug-likeness (QED) is 0.847. The van der Waals surface area contributed by atoms with Crippen molar-refractivity contribution in [3.05, 3.63) is 56.7 Å². The van der Waals surface area contributed by atoms with Crippen molar-refractivity contribution in [1.82, 2.24) is 0 Å². The SMILES string of the molecule is OCc1ccc(Oc2cc(F)ccc2Br)c(Br)c1. The van der Waals surface area contributed by atoms with Gasteiger partial charge in [-0.2, -0.15) is 0 Å². The first kappa shape index (κ1) is 13.5. The molecule has 0 aromatic heterocycles. The summed E-state index contributed by atoms with van der Waals surface area (Å²) in [5.41, 5.74) is 0.771. The van der Waals surface area contributed by atoms with Crippen LogP contribution in [0, 0.1) is 5.82 Å². The van der Waals surface area contributed by atoms with Gasteiger partial charge in [0.25, 0.3) is 0 Å². The van der Waals surface area contributed by atoms with E-state index in [1.807, 2.05) is 0 Å². The van der Waals surface area contributed by atoms with E-state index >= 15 is 0 Å². The Balaban J connectivity index is 2.31. The van der Waals surface area contributed by atoms with Crippen LogP contribution in [0.5, 0.6) is 11.5 Å². The molecule has 2 rings (SSSR count). The van der Waals surface area contributed by atoms with Gasteiger partial charge in [0.05, 0.1) is 15.6 Å². The minimum absolute atomic E-state index is 0.0391. The van der Waals surface area contributed by atoms with Crippen molar-refractivity contribution < 1.29 is 14.2 Å². The van der Waals surface area contributed by atoms with Gasteiger partial charge in [-0.1, -0.05) is 6.07 Å². The second-order valence-electron chi connectivity index (χ2n) is 3.60. The zero-order valence-corrected chi connectivity index (χ0v) is 12.3. The number of rotatable bonds is 3. The van der Waals surface area contributed by atoms with Crippen molar-refractivity contribution >= 4 is 31.9 Å². The van der Waals surface area contributed by atoms with E-state index in [0.29, 0.717) is 20.4 Å². The third-order valence-corrected chi connectivity index (χ3v) is 3.57. The van der Waals surface area contributed by atoms with E-state index < -0.39 is 0 Å². The molecule has 0 heterocycles. The number of halogens is 3. The van der Waals surface area contributed by atoms with E-state index in [1.165, 1.54) is 12.1 Å². The first-order chi connectivity index (χ1) is 8.60. The summed E-state index contributed by atoms with van der Waals surface area (Å²) in [6, 6.07) is 9.45. The molecule has 0 atom stereocenters. The monoisotopic (exact) mass is 374 g/mol. The van der Waals surface area contributed by atoms with Crippen LogP contribution in [-0.2, 0) is 6.61 Å². The van der Waals surface area contributed by atoms with Gasteiger partial charge >= 0.3 is 0 Å². The summed E-state index contributed by atoms with van der Waals surface area (Å²) in [4.78, 5) is 0. The second-order valence-corrected chi connectivity index (χ2v) is 5.31. The van der Waals surface area contributed by atoms with Crippen molar-refractivity contribution in [3.63, 3.8) is 0 Å². The molecular weight excluding hydrogens is 367 g/mol. The summed E-state index contributed by atoms with van der Waals surface area (Å²) in [6.45, 7) is -0.0391. The Morgan fingerprint density at radius 1 is 1.00 bits per heavy atom. The topological polar surface area (TPSA) is 29.5 Å². The van der Waals surface area contributed by atoms with Gasteiger partial charge in [-0.15, -0.1) is 0 Å². The molecule has 0 radical (unpaired) electrons. The Labute approximate surface area is 121 Å². The van der Waals surface area contributed by atoms with E-state index in [0.717, 1.165) is 5.56 Å². The average Bonchev–Trinajstić information content (AvgIpc) is 2.36. The Hall–Kier alpha value is -0.910. The van der Waals surface area contributed by atoms with Crippen molar-refractivity contribution in [2.45, 2.75) is 6.61 Å². The molecule has 94 valence electrons. The highest BCUT2D eigenvalue weighted by Gasteiger charge is 2.08. The molecule has 5 heteroatoms. The van der Waals surface area contributed by atoms with Gasteiger partial charge in [-0.25, -0.2) is 4.39 Å². The zero-order chi connectivity index (χ0) is 13.1. The summed E-state index contributed by atoms with van der Waals surface area (Å²) in [5.74, 6) is 0.585. The molecule has 0 fully saturated rings. The normalized spacial score (nSPS) is 10.4. The first-order valence-corrected chi connectivity index (χ1v) is 6.71. The third kappa shape index (κ3) is 3.10. The fourth-order valence-electron chi connectivity index (χ4n) is 1.40. The van der Waals surface area contributed by atoms with Crippen LogP contribution in [-0.4, -0.2) is 5.11 Å². The van der Waals surface area contributed by atoms with E-state index in [1.54, 1.807) is 24.3 Å². The van der Waals surface area contributed by atoms with Crippen LogP contribution in [0.4, 0.5) is 4.39 Å². The van der Waals surface area contributed by atoms with E-state index in [4.69, 9.17) is 9.84 Å². The van der Waals surface area contributed by atoms with E-state index in [9.17, 15) is 4.39 Å². The van der Waals surface area contributed by atoms with Crippen molar-refractivity contribution in [1.29, 1.82) is 0 Å². The second kappa shape index (κ2) is 5.82. The summed E-state index contributed by atoms with van der Waals surface area (Å²) in [5, 5.41) is 9.00. The molecule has 1 N–H and O–H groups in total. The Morgan fingerprint density at radius 2 is 1.78 bits per heavy atom. The van der Waals surface area contributed by atoms with Gasteiger partial charge in [-0.05, 0) is 61.7 Å². The zero-order valence-electron chi connectivity index (χ0n) is 9.16. The molecule has 0 spiro atoms. The fourth-order valence-corrected chi connectivity index (χ4v) is 2.23. The lowest BCUT2D eigenvalue weighted by molar-refractivity contribution is 0.281. The third-order valence-electron chi connectivity index (χ3n) is 2.29. The lowest BCUT2D eigenvalue weighted by atomic mass is 10.2. The number of hydrogen-bond acceptors (Lipinski definition) is 2. The molecule has 0 aliphatic rings. The van der Waals surface area contributed by atoms with Crippen LogP contribution in [0.25, 0.3) is 0 Å². The van der Waals surface area contributed by atoms with Crippen LogP contribution in [0.1, 0.15) is 5.56 Å². The van der Waals surface area contributed by atoms with Gasteiger partial charge in [-0.3, -0.25) is 0 Å². The maximum absolute atomic E-state index is 13.1. The number of ether oxygens (including phenoxy) is 1. The molecule has 0 amide bonds. The molecule has 0 saturated carbocycles. The Bertz CT molecular complexity index is 573. The number of aliphatic hydroxyl groups is 1. The van der Waals surface area contributed by atoms with Gasteiger partial charge in [0, 0.05) is 6.07 Å². The predicted molar refractivity (Wildman–Crippen MR) is 74.2 cm³/mol. The predicted octanol–water partition coefficient (Wildman–Crippen LogP) is 4.64. The summed E-state index contributed by atoms with van der Waals surface area (Å²) in [7, 11) is 0. The smallest absolute Gasteiger partial charge is 0.144 e. The van der Waals surface area contributed by atoms with Crippen LogP contribution in [0.3, 0.4) is 0 Å². The molecule has 2 aromatic rings. The van der Waals surface area contributed by atoms with Crippen molar-refractivity contribution in [2.24, 2.45) is 0 Å². The molecule has 0 aliphatic carbocycles. The first-order valence-electron chi connectivity index (χ1n) is 5.12. The summed E-state index contributed by atoms with van der Waals surface area (Å²) >= 11 is 6.64. The molecule has 0 saturated heterocycles. The average molecular weight is 376 g/mol. The lowest BCUT2D eigenvalue weighted by Crippen LogP contribution is -1.90. The Kier molecular flexibility index (Phi) is 4.37. The molecular formula is C13H9Br2FO2. The summed E-state index contributed by atoms with van der Waals surface area (Å²) in [6.07, 6.45) is 0. The maximum Gasteiger partial charge on any atom is 0.144 e. The molecule has 2 aromatic carbocycles. The highest BCUT2D eigenvalue weighted by Crippen LogP contribution is 2.34. The highest BCUT2D eigenvalue weighted by molar-refractivity contribution is 9.11. The Morgan fingerprint density at radius 3 is 2.44 bits per heavy atom. The van der Waals surface area contributed by atoms with Crippen LogP contribution < -0.4 is 4.74 Å². The number of aliphatic hydroxyl groups excluding tert-OH is 1. The largest absolute Gasteiger partial charge is 0.455 e. The molecule has 0 aliphatic heterocycles. The van der Waals surface area contributed by atoms with Gasteiger partial charge in [0.15, 0.2) is 0 Å². The van der Waals surface area contributed by atoms with Crippen molar-refractivity contribution in [2.75, 3.05) is 0 Å². The minimum Gasteiger partial charge on any atom is -0.455 e. The maximum atomic E-state index is 13.1. The van der Waals surface area contributed by atoms with Gasteiger partial charge < -0.3 is 9.84 Å². The van der Waals surface area contributed by atoms with E-state index in [2.05, 4.69) is 31.9 Å². The number of benzene rings is 2. The van der Waals surface area contributed by atoms with Crippen LogP contribution >= 0.6 is 31.9 Å². The molecule has 18 heavy (non-hydrogen) atoms. The minimum atomic E-state index is -0.365. The fraction of sp³-hybridized carbons (Fsp3) is 0.0769. The van der Waals surface area contributed by atoms with Gasteiger partial charge in [0.2, 0.25) is 0 Å². The van der Waals surface area contributed by atoms with Crippen LogP contribution in [0.2, 0.25) is 0 Å². The molecule has 0 bridgehead atoms.